The number of hydrogen-bond donors (Lipinski definition) is 0. The minimum Gasteiger partial charge on any atom is -0.466 e. The molecule has 0 radical (unpaired) electrons. The molecule has 0 saturated carbocycles. The maximum Gasteiger partial charge on any atom is 0.330 e. The van der Waals surface area contributed by atoms with Crippen LogP contribution >= 0.6 is 0 Å². The van der Waals surface area contributed by atoms with Gasteiger partial charge in [0.15, 0.2) is 5.54 Å². The Labute approximate surface area is 168 Å². The van der Waals surface area contributed by atoms with Crippen molar-refractivity contribution in [3.63, 3.8) is 0 Å². The molecule has 1 aromatic rings. The number of hydrogen-bond acceptors (Lipinski definition) is 7. The number of anilines is 1. The predicted molar refractivity (Wildman–Crippen MR) is 103 cm³/mol. The Kier molecular flexibility index (Phi) is 4.92. The van der Waals surface area contributed by atoms with Crippen LogP contribution in [0.1, 0.15) is 25.8 Å². The zero-order chi connectivity index (χ0) is 20.8. The lowest BCUT2D eigenvalue weighted by Gasteiger charge is -2.39. The number of benzene rings is 1. The summed E-state index contributed by atoms with van der Waals surface area (Å²) in [6.07, 6.45) is 2.98. The smallest absolute Gasteiger partial charge is 0.330 e. The highest BCUT2D eigenvalue weighted by atomic mass is 16.7. The second kappa shape index (κ2) is 7.27. The van der Waals surface area contributed by atoms with Crippen molar-refractivity contribution in [1.29, 1.82) is 0 Å². The molecule has 8 heteroatoms. The molecule has 2 saturated heterocycles. The third kappa shape index (κ3) is 2.70. The first kappa shape index (κ1) is 19.6. The summed E-state index contributed by atoms with van der Waals surface area (Å²) in [5.74, 6) is -1.93. The maximum atomic E-state index is 13.6. The molecule has 3 aliphatic heterocycles. The van der Waals surface area contributed by atoms with Crippen LogP contribution in [0.4, 0.5) is 5.69 Å². The lowest BCUT2D eigenvalue weighted by Crippen LogP contribution is -2.59. The maximum absolute atomic E-state index is 13.6. The van der Waals surface area contributed by atoms with Crippen molar-refractivity contribution >= 4 is 23.5 Å². The molecule has 8 nitrogen and oxygen atoms in total. The summed E-state index contributed by atoms with van der Waals surface area (Å²) >= 11 is 0. The summed E-state index contributed by atoms with van der Waals surface area (Å²) in [5.41, 5.74) is 0.128. The highest BCUT2D eigenvalue weighted by molar-refractivity contribution is 6.10. The normalized spacial score (nSPS) is 32.2. The number of para-hydroxylation sites is 1. The zero-order valence-electron chi connectivity index (χ0n) is 16.7. The number of nitrogens with zero attached hydrogens (tertiary/aromatic N) is 2. The van der Waals surface area contributed by atoms with Crippen molar-refractivity contribution in [2.24, 2.45) is 5.92 Å². The summed E-state index contributed by atoms with van der Waals surface area (Å²) < 4.78 is 10.3. The Hall–Kier alpha value is -2.71. The molecule has 154 valence electrons. The zero-order valence-corrected chi connectivity index (χ0v) is 16.7. The van der Waals surface area contributed by atoms with Gasteiger partial charge in [0.2, 0.25) is 0 Å². The second-order valence-corrected chi connectivity index (χ2v) is 7.26. The standard InChI is InChI=1S/C21H24N2O6/c1-4-27-17(24)11-10-13-12-16-18(19(25)28-5-2)21(23(13)29-16)14-8-6-7-9-15(14)22(3)20(21)26/h6-11,13,16,18H,4-5,12H2,1-3H3/b11-10+/t13-,16+,18-,21+/m1/s1. The van der Waals surface area contributed by atoms with Gasteiger partial charge in [0.05, 0.1) is 25.4 Å². The molecule has 0 N–H and O–H groups in total. The van der Waals surface area contributed by atoms with Crippen LogP contribution in [0.2, 0.25) is 0 Å². The van der Waals surface area contributed by atoms with E-state index in [0.29, 0.717) is 12.0 Å². The molecule has 2 fully saturated rings. The Balaban J connectivity index is 1.79. The Morgan fingerprint density at radius 2 is 1.97 bits per heavy atom. The molecule has 29 heavy (non-hydrogen) atoms. The molecule has 4 rings (SSSR count). The second-order valence-electron chi connectivity index (χ2n) is 7.26. The van der Waals surface area contributed by atoms with Crippen molar-refractivity contribution in [1.82, 2.24) is 5.06 Å². The van der Waals surface area contributed by atoms with E-state index in [1.54, 1.807) is 36.9 Å². The van der Waals surface area contributed by atoms with E-state index in [-0.39, 0.29) is 25.2 Å². The number of carbonyl (C=O) groups is 3. The SMILES string of the molecule is CCOC(=O)/C=C/[C@@H]1C[C@@H]2ON1[C@]1(C(=O)N(C)c3ccccc31)[C@H]2C(=O)OCC. The molecule has 5 atom stereocenters. The van der Waals surface area contributed by atoms with Crippen molar-refractivity contribution in [2.45, 2.75) is 38.0 Å². The van der Waals surface area contributed by atoms with Crippen LogP contribution < -0.4 is 4.90 Å². The molecule has 1 spiro atoms. The molecule has 2 bridgehead atoms. The number of piperidine rings is 1. The number of amides is 1. The van der Waals surface area contributed by atoms with E-state index in [4.69, 9.17) is 14.3 Å². The summed E-state index contributed by atoms with van der Waals surface area (Å²) in [5, 5.41) is 1.58. The lowest BCUT2D eigenvalue weighted by atomic mass is 9.72. The Morgan fingerprint density at radius 3 is 2.69 bits per heavy atom. The number of esters is 2. The minimum absolute atomic E-state index is 0.218. The van der Waals surface area contributed by atoms with Gasteiger partial charge in [0, 0.05) is 24.4 Å². The van der Waals surface area contributed by atoms with Gasteiger partial charge in [-0.1, -0.05) is 24.3 Å². The van der Waals surface area contributed by atoms with Crippen LogP contribution in [-0.4, -0.2) is 55.3 Å². The van der Waals surface area contributed by atoms with Gasteiger partial charge in [-0.2, -0.15) is 5.06 Å². The van der Waals surface area contributed by atoms with Gasteiger partial charge in [-0.25, -0.2) is 4.79 Å². The summed E-state index contributed by atoms with van der Waals surface area (Å²) in [7, 11) is 1.69. The largest absolute Gasteiger partial charge is 0.466 e. The topological polar surface area (TPSA) is 85.4 Å². The molecule has 0 aliphatic carbocycles. The van der Waals surface area contributed by atoms with Crippen LogP contribution in [0.3, 0.4) is 0 Å². The predicted octanol–water partition coefficient (Wildman–Crippen LogP) is 1.54. The van der Waals surface area contributed by atoms with Gasteiger partial charge in [-0.15, -0.1) is 0 Å². The van der Waals surface area contributed by atoms with Crippen LogP contribution in [-0.2, 0) is 34.2 Å². The number of ether oxygens (including phenoxy) is 2. The number of likely N-dealkylation sites (N-methyl/N-ethyl adjacent to an activating group) is 1. The van der Waals surface area contributed by atoms with E-state index in [9.17, 15) is 14.4 Å². The summed E-state index contributed by atoms with van der Waals surface area (Å²) in [6.45, 7) is 3.97. The fraction of sp³-hybridized carbons (Fsp3) is 0.476. The van der Waals surface area contributed by atoms with Crippen molar-refractivity contribution in [3.05, 3.63) is 42.0 Å². The molecule has 1 amide bonds. The average molecular weight is 400 g/mol. The Bertz CT molecular complexity index is 884. The fourth-order valence-electron chi connectivity index (χ4n) is 4.72. The third-order valence-corrected chi connectivity index (χ3v) is 5.78. The van der Waals surface area contributed by atoms with E-state index in [2.05, 4.69) is 0 Å². The van der Waals surface area contributed by atoms with Crippen LogP contribution in [0, 0.1) is 5.92 Å². The van der Waals surface area contributed by atoms with Gasteiger partial charge < -0.3 is 14.4 Å². The first-order valence-electron chi connectivity index (χ1n) is 9.82. The van der Waals surface area contributed by atoms with E-state index in [1.807, 2.05) is 24.3 Å². The lowest BCUT2D eigenvalue weighted by molar-refractivity contribution is -0.175. The number of carbonyl (C=O) groups excluding carboxylic acids is 3. The van der Waals surface area contributed by atoms with E-state index < -0.39 is 29.5 Å². The molecular formula is C21H24N2O6. The quantitative estimate of drug-likeness (QED) is 0.548. The first-order chi connectivity index (χ1) is 14.0. The highest BCUT2D eigenvalue weighted by Gasteiger charge is 2.72. The number of hydroxylamine groups is 2. The minimum atomic E-state index is -1.32. The van der Waals surface area contributed by atoms with Crippen molar-refractivity contribution in [2.75, 3.05) is 25.2 Å². The van der Waals surface area contributed by atoms with Crippen LogP contribution in [0.5, 0.6) is 0 Å². The van der Waals surface area contributed by atoms with E-state index in [1.165, 1.54) is 6.08 Å². The molecule has 1 unspecified atom stereocenters. The number of rotatable bonds is 5. The van der Waals surface area contributed by atoms with E-state index in [0.717, 1.165) is 5.69 Å². The van der Waals surface area contributed by atoms with Crippen LogP contribution in [0.25, 0.3) is 0 Å². The monoisotopic (exact) mass is 400 g/mol. The van der Waals surface area contributed by atoms with Crippen molar-refractivity contribution in [3.8, 4) is 0 Å². The highest BCUT2D eigenvalue weighted by Crippen LogP contribution is 2.58. The molecule has 0 aromatic heterocycles. The Morgan fingerprint density at radius 1 is 1.24 bits per heavy atom. The van der Waals surface area contributed by atoms with Gasteiger partial charge in [0.25, 0.3) is 5.91 Å². The fourth-order valence-corrected chi connectivity index (χ4v) is 4.72. The van der Waals surface area contributed by atoms with Gasteiger partial charge in [-0.05, 0) is 26.3 Å². The van der Waals surface area contributed by atoms with Crippen LogP contribution in [0.15, 0.2) is 36.4 Å². The van der Waals surface area contributed by atoms with Gasteiger partial charge in [0.1, 0.15) is 5.92 Å². The number of fused-ring (bicyclic) bond motifs is 5. The van der Waals surface area contributed by atoms with E-state index >= 15 is 0 Å². The van der Waals surface area contributed by atoms with Gasteiger partial charge in [-0.3, -0.25) is 14.4 Å². The summed E-state index contributed by atoms with van der Waals surface area (Å²) in [6, 6.07) is 7.03. The van der Waals surface area contributed by atoms with Gasteiger partial charge >= 0.3 is 11.9 Å². The summed E-state index contributed by atoms with van der Waals surface area (Å²) in [4.78, 5) is 45.9. The average Bonchev–Trinajstić information content (AvgIpc) is 3.33. The van der Waals surface area contributed by atoms with Crippen molar-refractivity contribution < 1.29 is 28.7 Å². The molecular weight excluding hydrogens is 376 g/mol. The first-order valence-corrected chi connectivity index (χ1v) is 9.82. The third-order valence-electron chi connectivity index (χ3n) is 5.78. The molecule has 3 heterocycles. The molecule has 1 aromatic carbocycles. The molecule has 3 aliphatic rings.